The van der Waals surface area contributed by atoms with E-state index in [1.165, 1.54) is 29.2 Å². The van der Waals surface area contributed by atoms with E-state index in [1.807, 2.05) is 30.5 Å². The SMILES string of the molecule is CSc1ccc(CN(C)C(=O)COC(=O)c2cccc(O)c2)cc1. The number of ether oxygens (including phenoxy) is 1. The van der Waals surface area contributed by atoms with Gasteiger partial charge in [-0.15, -0.1) is 11.8 Å². The van der Waals surface area contributed by atoms with Crippen molar-refractivity contribution in [2.45, 2.75) is 11.4 Å². The van der Waals surface area contributed by atoms with Gasteiger partial charge in [-0.05, 0) is 42.2 Å². The van der Waals surface area contributed by atoms with E-state index in [2.05, 4.69) is 0 Å². The van der Waals surface area contributed by atoms with Crippen molar-refractivity contribution >= 4 is 23.6 Å². The number of phenolic OH excluding ortho intramolecular Hbond substituents is 1. The van der Waals surface area contributed by atoms with Crippen LogP contribution in [0.1, 0.15) is 15.9 Å². The largest absolute Gasteiger partial charge is 0.508 e. The normalized spacial score (nSPS) is 10.2. The van der Waals surface area contributed by atoms with Crippen LogP contribution in [0.15, 0.2) is 53.4 Å². The molecule has 0 fully saturated rings. The highest BCUT2D eigenvalue weighted by molar-refractivity contribution is 7.98. The van der Waals surface area contributed by atoms with Crippen LogP contribution in [0.2, 0.25) is 0 Å². The summed E-state index contributed by atoms with van der Waals surface area (Å²) in [5, 5.41) is 9.34. The first-order valence-corrected chi connectivity index (χ1v) is 8.55. The second-order valence-corrected chi connectivity index (χ2v) is 6.10. The van der Waals surface area contributed by atoms with Gasteiger partial charge in [-0.1, -0.05) is 18.2 Å². The number of carbonyl (C=O) groups is 2. The number of nitrogens with zero attached hydrogens (tertiary/aromatic N) is 1. The number of rotatable bonds is 6. The molecular weight excluding hydrogens is 326 g/mol. The maximum absolute atomic E-state index is 12.1. The Kier molecular flexibility index (Phi) is 6.26. The van der Waals surface area contributed by atoms with E-state index in [0.717, 1.165) is 10.5 Å². The third-order valence-electron chi connectivity index (χ3n) is 3.41. The van der Waals surface area contributed by atoms with Crippen molar-refractivity contribution in [2.75, 3.05) is 19.9 Å². The van der Waals surface area contributed by atoms with Crippen LogP contribution in [0.4, 0.5) is 0 Å². The molecule has 2 aromatic rings. The minimum absolute atomic E-state index is 0.0263. The molecule has 0 radical (unpaired) electrons. The second kappa shape index (κ2) is 8.40. The van der Waals surface area contributed by atoms with Crippen molar-refractivity contribution in [3.8, 4) is 5.75 Å². The molecule has 0 aliphatic rings. The molecule has 0 unspecified atom stereocenters. The predicted octanol–water partition coefficient (Wildman–Crippen LogP) is 2.93. The minimum Gasteiger partial charge on any atom is -0.508 e. The summed E-state index contributed by atoms with van der Waals surface area (Å²) in [6, 6.07) is 13.7. The Morgan fingerprint density at radius 2 is 1.88 bits per heavy atom. The molecule has 0 aliphatic heterocycles. The third kappa shape index (κ3) is 5.03. The summed E-state index contributed by atoms with van der Waals surface area (Å²) in [5.41, 5.74) is 1.21. The van der Waals surface area contributed by atoms with Crippen molar-refractivity contribution in [3.05, 3.63) is 59.7 Å². The van der Waals surface area contributed by atoms with Gasteiger partial charge in [0.2, 0.25) is 0 Å². The molecule has 0 spiro atoms. The highest BCUT2D eigenvalue weighted by Gasteiger charge is 2.14. The van der Waals surface area contributed by atoms with Crippen LogP contribution in [0.3, 0.4) is 0 Å². The standard InChI is InChI=1S/C18H19NO4S/c1-19(11-13-6-8-16(24-2)9-7-13)17(21)12-23-18(22)14-4-3-5-15(20)10-14/h3-10,20H,11-12H2,1-2H3. The maximum Gasteiger partial charge on any atom is 0.338 e. The summed E-state index contributed by atoms with van der Waals surface area (Å²) >= 11 is 1.66. The lowest BCUT2D eigenvalue weighted by molar-refractivity contribution is -0.133. The molecular formula is C18H19NO4S. The topological polar surface area (TPSA) is 66.8 Å². The predicted molar refractivity (Wildman–Crippen MR) is 93.1 cm³/mol. The monoisotopic (exact) mass is 345 g/mol. The highest BCUT2D eigenvalue weighted by Crippen LogP contribution is 2.16. The van der Waals surface area contributed by atoms with Gasteiger partial charge in [0.25, 0.3) is 5.91 Å². The van der Waals surface area contributed by atoms with Crippen LogP contribution in [-0.4, -0.2) is 41.8 Å². The molecule has 0 saturated heterocycles. The molecule has 2 rings (SSSR count). The fraction of sp³-hybridized carbons (Fsp3) is 0.222. The van der Waals surface area contributed by atoms with Crippen LogP contribution in [0, 0.1) is 0 Å². The third-order valence-corrected chi connectivity index (χ3v) is 4.16. The Labute approximate surface area is 145 Å². The molecule has 0 heterocycles. The molecule has 1 N–H and O–H groups in total. The van der Waals surface area contributed by atoms with Crippen molar-refractivity contribution < 1.29 is 19.4 Å². The van der Waals surface area contributed by atoms with Gasteiger partial charge < -0.3 is 14.7 Å². The van der Waals surface area contributed by atoms with Gasteiger partial charge in [0.05, 0.1) is 5.56 Å². The molecule has 24 heavy (non-hydrogen) atoms. The zero-order chi connectivity index (χ0) is 17.5. The summed E-state index contributed by atoms with van der Waals surface area (Å²) in [5.74, 6) is -0.962. The highest BCUT2D eigenvalue weighted by atomic mass is 32.2. The van der Waals surface area contributed by atoms with Crippen molar-refractivity contribution in [3.63, 3.8) is 0 Å². The molecule has 0 aliphatic carbocycles. The molecule has 6 heteroatoms. The van der Waals surface area contributed by atoms with E-state index in [1.54, 1.807) is 18.8 Å². The van der Waals surface area contributed by atoms with Crippen LogP contribution in [0.25, 0.3) is 0 Å². The number of hydrogen-bond acceptors (Lipinski definition) is 5. The Morgan fingerprint density at radius 1 is 1.17 bits per heavy atom. The van der Waals surface area contributed by atoms with E-state index in [-0.39, 0.29) is 23.8 Å². The first-order chi connectivity index (χ1) is 11.5. The number of aromatic hydroxyl groups is 1. The molecule has 0 atom stereocenters. The van der Waals surface area contributed by atoms with E-state index >= 15 is 0 Å². The number of esters is 1. The molecule has 2 aromatic carbocycles. The average molecular weight is 345 g/mol. The Hall–Kier alpha value is -2.47. The van der Waals surface area contributed by atoms with Gasteiger partial charge in [-0.3, -0.25) is 4.79 Å². The van der Waals surface area contributed by atoms with E-state index in [4.69, 9.17) is 4.74 Å². The molecule has 0 aromatic heterocycles. The number of hydrogen-bond donors (Lipinski definition) is 1. The van der Waals surface area contributed by atoms with Gasteiger partial charge >= 0.3 is 5.97 Å². The number of phenols is 1. The smallest absolute Gasteiger partial charge is 0.338 e. The summed E-state index contributed by atoms with van der Waals surface area (Å²) in [6.45, 7) is 0.102. The fourth-order valence-corrected chi connectivity index (χ4v) is 2.45. The first-order valence-electron chi connectivity index (χ1n) is 7.32. The van der Waals surface area contributed by atoms with Gasteiger partial charge in [0, 0.05) is 18.5 Å². The van der Waals surface area contributed by atoms with E-state index in [0.29, 0.717) is 6.54 Å². The van der Waals surface area contributed by atoms with Crippen molar-refractivity contribution in [1.82, 2.24) is 4.90 Å². The lowest BCUT2D eigenvalue weighted by Gasteiger charge is -2.17. The van der Waals surface area contributed by atoms with Gasteiger partial charge in [0.1, 0.15) is 5.75 Å². The van der Waals surface area contributed by atoms with Crippen LogP contribution < -0.4 is 0 Å². The number of thioether (sulfide) groups is 1. The Balaban J connectivity index is 1.85. The summed E-state index contributed by atoms with van der Waals surface area (Å²) in [7, 11) is 1.66. The van der Waals surface area contributed by atoms with Crippen LogP contribution >= 0.6 is 11.8 Å². The van der Waals surface area contributed by atoms with Gasteiger partial charge in [-0.2, -0.15) is 0 Å². The Bertz CT molecular complexity index is 715. The number of likely N-dealkylation sites (N-methyl/N-ethyl adjacent to an activating group) is 1. The lowest BCUT2D eigenvalue weighted by Crippen LogP contribution is -2.30. The minimum atomic E-state index is -0.642. The van der Waals surface area contributed by atoms with Gasteiger partial charge in [-0.25, -0.2) is 4.79 Å². The van der Waals surface area contributed by atoms with Crippen LogP contribution in [-0.2, 0) is 16.1 Å². The number of benzene rings is 2. The quantitative estimate of drug-likeness (QED) is 0.644. The van der Waals surface area contributed by atoms with Gasteiger partial charge in [0.15, 0.2) is 6.61 Å². The fourth-order valence-electron chi connectivity index (χ4n) is 2.05. The Morgan fingerprint density at radius 3 is 2.50 bits per heavy atom. The summed E-state index contributed by atoms with van der Waals surface area (Å²) < 4.78 is 5.00. The molecule has 0 bridgehead atoms. The van der Waals surface area contributed by atoms with Crippen molar-refractivity contribution in [2.24, 2.45) is 0 Å². The average Bonchev–Trinajstić information content (AvgIpc) is 2.60. The first kappa shape index (κ1) is 17.9. The molecule has 5 nitrogen and oxygen atoms in total. The van der Waals surface area contributed by atoms with Crippen molar-refractivity contribution in [1.29, 1.82) is 0 Å². The zero-order valence-electron chi connectivity index (χ0n) is 13.6. The second-order valence-electron chi connectivity index (χ2n) is 5.22. The summed E-state index contributed by atoms with van der Waals surface area (Å²) in [6.07, 6.45) is 2.01. The number of amides is 1. The molecule has 1 amide bonds. The van der Waals surface area contributed by atoms with E-state index in [9.17, 15) is 14.7 Å². The summed E-state index contributed by atoms with van der Waals surface area (Å²) in [4.78, 5) is 26.6. The number of carbonyl (C=O) groups excluding carboxylic acids is 2. The molecule has 126 valence electrons. The van der Waals surface area contributed by atoms with E-state index < -0.39 is 5.97 Å². The maximum atomic E-state index is 12.1. The lowest BCUT2D eigenvalue weighted by atomic mass is 10.2. The molecule has 0 saturated carbocycles. The van der Waals surface area contributed by atoms with Crippen LogP contribution in [0.5, 0.6) is 5.75 Å². The zero-order valence-corrected chi connectivity index (χ0v) is 14.4.